The third-order valence-corrected chi connectivity index (χ3v) is 6.39. The lowest BCUT2D eigenvalue weighted by Crippen LogP contribution is -2.48. The summed E-state index contributed by atoms with van der Waals surface area (Å²) in [6.45, 7) is 1.10. The Morgan fingerprint density at radius 3 is 2.96 bits per heavy atom. The van der Waals surface area contributed by atoms with Gasteiger partial charge in [-0.1, -0.05) is 18.6 Å². The minimum absolute atomic E-state index is 0.166. The summed E-state index contributed by atoms with van der Waals surface area (Å²) in [5.41, 5.74) is 4.51. The van der Waals surface area contributed by atoms with Crippen molar-refractivity contribution in [1.29, 1.82) is 0 Å². The molecule has 0 saturated carbocycles. The zero-order valence-corrected chi connectivity index (χ0v) is 14.9. The highest BCUT2D eigenvalue weighted by Crippen LogP contribution is 2.55. The first kappa shape index (κ1) is 15.2. The van der Waals surface area contributed by atoms with Crippen LogP contribution in [0.3, 0.4) is 0 Å². The van der Waals surface area contributed by atoms with Crippen molar-refractivity contribution < 1.29 is 9.53 Å². The summed E-state index contributed by atoms with van der Waals surface area (Å²) in [6.07, 6.45) is 8.47. The Balaban J connectivity index is 1.64. The Labute approximate surface area is 148 Å². The van der Waals surface area contributed by atoms with Gasteiger partial charge in [0.05, 0.1) is 6.04 Å². The van der Waals surface area contributed by atoms with Crippen LogP contribution in [0.1, 0.15) is 31.2 Å². The number of ether oxygens (including phenoxy) is 1. The van der Waals surface area contributed by atoms with Crippen molar-refractivity contribution in [2.75, 3.05) is 25.5 Å². The number of nitrogens with zero attached hydrogens (tertiary/aromatic N) is 2. The molecule has 0 radical (unpaired) electrons. The molecule has 0 amide bonds. The van der Waals surface area contributed by atoms with Gasteiger partial charge in [-0.05, 0) is 48.7 Å². The molecule has 1 aromatic rings. The molecule has 5 rings (SSSR count). The Morgan fingerprint density at radius 1 is 1.24 bits per heavy atom. The molecule has 4 heteroatoms. The number of rotatable bonds is 2. The lowest BCUT2D eigenvalue weighted by molar-refractivity contribution is -0.148. The second-order valence-corrected chi connectivity index (χ2v) is 7.92. The fourth-order valence-corrected chi connectivity index (χ4v) is 5.26. The fraction of sp³-hybridized carbons (Fsp3) is 0.476. The van der Waals surface area contributed by atoms with Crippen LogP contribution in [0.2, 0.25) is 0 Å². The van der Waals surface area contributed by atoms with Crippen molar-refractivity contribution in [3.05, 3.63) is 47.6 Å². The molecule has 0 aromatic heterocycles. The van der Waals surface area contributed by atoms with E-state index in [9.17, 15) is 4.79 Å². The zero-order chi connectivity index (χ0) is 17.2. The van der Waals surface area contributed by atoms with Gasteiger partial charge in [-0.25, -0.2) is 4.79 Å². The molecule has 3 atom stereocenters. The number of carbonyl (C=O) groups excluding carboxylic acids is 1. The van der Waals surface area contributed by atoms with Crippen LogP contribution in [-0.2, 0) is 9.53 Å². The summed E-state index contributed by atoms with van der Waals surface area (Å²) < 4.78 is 5.93. The minimum Gasteiger partial charge on any atom is -0.449 e. The smallest absolute Gasteiger partial charge is 0.332 e. The minimum atomic E-state index is -0.384. The van der Waals surface area contributed by atoms with Gasteiger partial charge in [0, 0.05) is 43.9 Å². The maximum Gasteiger partial charge on any atom is 0.332 e. The van der Waals surface area contributed by atoms with E-state index in [1.165, 1.54) is 29.7 Å². The molecule has 0 N–H and O–H groups in total. The van der Waals surface area contributed by atoms with Crippen LogP contribution < -0.4 is 4.90 Å². The summed E-state index contributed by atoms with van der Waals surface area (Å²) in [7, 11) is 4.14. The maximum absolute atomic E-state index is 12.1. The highest BCUT2D eigenvalue weighted by atomic mass is 16.6. The molecular weight excluding hydrogens is 312 g/mol. The van der Waals surface area contributed by atoms with Crippen LogP contribution in [0.5, 0.6) is 0 Å². The normalized spacial score (nSPS) is 33.3. The Bertz CT molecular complexity index is 810. The second-order valence-electron chi connectivity index (χ2n) is 7.92. The van der Waals surface area contributed by atoms with Gasteiger partial charge in [-0.15, -0.1) is 0 Å². The van der Waals surface area contributed by atoms with Crippen LogP contribution in [0.4, 0.5) is 5.69 Å². The maximum atomic E-state index is 12.1. The van der Waals surface area contributed by atoms with E-state index in [-0.39, 0.29) is 11.6 Å². The molecule has 4 nitrogen and oxygen atoms in total. The number of benzene rings is 1. The quantitative estimate of drug-likeness (QED) is 0.777. The average molecular weight is 336 g/mol. The molecule has 2 saturated heterocycles. The number of anilines is 1. The van der Waals surface area contributed by atoms with E-state index in [0.717, 1.165) is 25.0 Å². The van der Waals surface area contributed by atoms with Gasteiger partial charge in [-0.2, -0.15) is 0 Å². The van der Waals surface area contributed by atoms with Gasteiger partial charge in [0.25, 0.3) is 0 Å². The lowest BCUT2D eigenvalue weighted by Gasteiger charge is -2.37. The van der Waals surface area contributed by atoms with Gasteiger partial charge in [0.2, 0.25) is 0 Å². The molecule has 2 fully saturated rings. The molecule has 3 aliphatic heterocycles. The van der Waals surface area contributed by atoms with E-state index >= 15 is 0 Å². The van der Waals surface area contributed by atoms with E-state index in [2.05, 4.69) is 54.2 Å². The Morgan fingerprint density at radius 2 is 2.12 bits per heavy atom. The summed E-state index contributed by atoms with van der Waals surface area (Å²) in [5, 5.41) is 0. The SMILES string of the molecule is CN(C)c1cccc(C2=CC3=CC(=O)O[C@@]34C[C@@H]2N2CCCC[C@@H]24)c1. The van der Waals surface area contributed by atoms with Crippen LogP contribution in [0.15, 0.2) is 42.0 Å². The van der Waals surface area contributed by atoms with Crippen molar-refractivity contribution >= 4 is 17.2 Å². The molecule has 130 valence electrons. The number of hydrogen-bond donors (Lipinski definition) is 0. The number of piperidine rings is 1. The third kappa shape index (κ3) is 2.07. The van der Waals surface area contributed by atoms with Crippen molar-refractivity contribution in [3.8, 4) is 0 Å². The third-order valence-electron chi connectivity index (χ3n) is 6.39. The van der Waals surface area contributed by atoms with Crippen LogP contribution >= 0.6 is 0 Å². The Kier molecular flexibility index (Phi) is 3.17. The fourth-order valence-electron chi connectivity index (χ4n) is 5.26. The number of carbonyl (C=O) groups is 1. The van der Waals surface area contributed by atoms with Crippen molar-refractivity contribution in [2.45, 2.75) is 43.4 Å². The molecule has 4 aliphatic rings. The monoisotopic (exact) mass is 336 g/mol. The van der Waals surface area contributed by atoms with Gasteiger partial charge < -0.3 is 9.64 Å². The first-order valence-corrected chi connectivity index (χ1v) is 9.29. The van der Waals surface area contributed by atoms with Gasteiger partial charge in [0.15, 0.2) is 5.60 Å². The van der Waals surface area contributed by atoms with Gasteiger partial charge >= 0.3 is 5.97 Å². The first-order valence-electron chi connectivity index (χ1n) is 9.29. The molecule has 1 aliphatic carbocycles. The first-order chi connectivity index (χ1) is 12.1. The summed E-state index contributed by atoms with van der Waals surface area (Å²) in [6, 6.07) is 9.41. The number of hydrogen-bond acceptors (Lipinski definition) is 4. The topological polar surface area (TPSA) is 32.8 Å². The summed E-state index contributed by atoms with van der Waals surface area (Å²) >= 11 is 0. The van der Waals surface area contributed by atoms with Crippen molar-refractivity contribution in [2.24, 2.45) is 0 Å². The highest BCUT2D eigenvalue weighted by molar-refractivity contribution is 5.91. The molecule has 3 heterocycles. The van der Waals surface area contributed by atoms with Gasteiger partial charge in [-0.3, -0.25) is 4.90 Å². The summed E-state index contributed by atoms with van der Waals surface area (Å²) in [5.74, 6) is -0.166. The molecular formula is C21H24N2O2. The van der Waals surface area contributed by atoms with Crippen molar-refractivity contribution in [3.63, 3.8) is 0 Å². The number of fused-ring (bicyclic) bond motifs is 3. The van der Waals surface area contributed by atoms with E-state index in [4.69, 9.17) is 4.74 Å². The number of esters is 1. The van der Waals surface area contributed by atoms with E-state index < -0.39 is 0 Å². The summed E-state index contributed by atoms with van der Waals surface area (Å²) in [4.78, 5) is 16.8. The van der Waals surface area contributed by atoms with E-state index in [0.29, 0.717) is 12.1 Å². The molecule has 1 aromatic carbocycles. The zero-order valence-electron chi connectivity index (χ0n) is 14.9. The molecule has 1 spiro atoms. The molecule has 0 unspecified atom stereocenters. The van der Waals surface area contributed by atoms with E-state index in [1.54, 1.807) is 6.08 Å². The standard InChI is InChI=1S/C21H24N2O2/c1-22(2)16-7-5-6-14(10-16)17-11-15-12-20(24)25-21(15)13-18(17)23-9-4-3-8-19(21)23/h5-7,10-12,18-19H,3-4,8-9,13H2,1-2H3/t18-,19+,21-/m0/s1. The highest BCUT2D eigenvalue weighted by Gasteiger charge is 2.61. The van der Waals surface area contributed by atoms with Crippen LogP contribution in [0.25, 0.3) is 5.57 Å². The van der Waals surface area contributed by atoms with E-state index in [1.807, 2.05) is 0 Å². The molecule has 2 bridgehead atoms. The molecule has 25 heavy (non-hydrogen) atoms. The van der Waals surface area contributed by atoms with Gasteiger partial charge in [0.1, 0.15) is 0 Å². The second kappa shape index (κ2) is 5.21. The lowest BCUT2D eigenvalue weighted by atomic mass is 9.77. The average Bonchev–Trinajstić information content (AvgIpc) is 3.10. The predicted molar refractivity (Wildman–Crippen MR) is 98.4 cm³/mol. The van der Waals surface area contributed by atoms with Crippen molar-refractivity contribution in [1.82, 2.24) is 4.90 Å². The van der Waals surface area contributed by atoms with Crippen LogP contribution in [0, 0.1) is 0 Å². The van der Waals surface area contributed by atoms with Crippen LogP contribution in [-0.4, -0.2) is 49.2 Å². The Hall–Kier alpha value is -2.07. The predicted octanol–water partition coefficient (Wildman–Crippen LogP) is 3.00. The largest absolute Gasteiger partial charge is 0.449 e.